The van der Waals surface area contributed by atoms with Gasteiger partial charge in [-0.1, -0.05) is 24.3 Å². The number of hydrogen-bond acceptors (Lipinski definition) is 4. The number of alkyl halides is 3. The van der Waals surface area contributed by atoms with Crippen molar-refractivity contribution in [3.8, 4) is 28.3 Å². The molecular formula is C22H17F3N2O3S. The van der Waals surface area contributed by atoms with Crippen molar-refractivity contribution in [3.63, 3.8) is 0 Å². The first kappa shape index (κ1) is 20.9. The molecule has 0 atom stereocenters. The Morgan fingerprint density at radius 2 is 1.65 bits per heavy atom. The molecule has 31 heavy (non-hydrogen) atoms. The molecule has 0 radical (unpaired) electrons. The van der Waals surface area contributed by atoms with Crippen LogP contribution in [0.3, 0.4) is 0 Å². The molecule has 0 aliphatic rings. The lowest BCUT2D eigenvalue weighted by atomic mass is 10.1. The van der Waals surface area contributed by atoms with Crippen LogP contribution in [0.5, 0.6) is 0 Å². The molecule has 0 fully saturated rings. The van der Waals surface area contributed by atoms with Crippen LogP contribution in [-0.4, -0.2) is 24.5 Å². The summed E-state index contributed by atoms with van der Waals surface area (Å²) < 4.78 is 70.5. The van der Waals surface area contributed by atoms with Crippen molar-refractivity contribution in [2.45, 2.75) is 18.0 Å². The molecule has 160 valence electrons. The highest BCUT2D eigenvalue weighted by Gasteiger charge is 2.35. The van der Waals surface area contributed by atoms with Crippen molar-refractivity contribution in [1.82, 2.24) is 9.78 Å². The summed E-state index contributed by atoms with van der Waals surface area (Å²) in [4.78, 5) is 0.115. The van der Waals surface area contributed by atoms with Crippen LogP contribution in [0.2, 0.25) is 0 Å². The zero-order valence-electron chi connectivity index (χ0n) is 16.5. The first-order chi connectivity index (χ1) is 14.5. The summed E-state index contributed by atoms with van der Waals surface area (Å²) in [5.41, 5.74) is 1.23. The maximum atomic E-state index is 13.4. The predicted octanol–water partition coefficient (Wildman–Crippen LogP) is 5.53. The number of aryl methyl sites for hydroxylation is 1. The number of sulfone groups is 1. The predicted molar refractivity (Wildman–Crippen MR) is 110 cm³/mol. The van der Waals surface area contributed by atoms with E-state index in [1.54, 1.807) is 43.3 Å². The summed E-state index contributed by atoms with van der Waals surface area (Å²) >= 11 is 0. The van der Waals surface area contributed by atoms with E-state index in [1.165, 1.54) is 29.1 Å². The second-order valence-electron chi connectivity index (χ2n) is 7.10. The van der Waals surface area contributed by atoms with Crippen molar-refractivity contribution < 1.29 is 26.0 Å². The Balaban J connectivity index is 1.84. The van der Waals surface area contributed by atoms with Gasteiger partial charge in [-0.05, 0) is 48.9 Å². The molecule has 4 aromatic rings. The van der Waals surface area contributed by atoms with E-state index in [0.29, 0.717) is 22.6 Å². The van der Waals surface area contributed by atoms with Crippen LogP contribution < -0.4 is 0 Å². The lowest BCUT2D eigenvalue weighted by molar-refractivity contribution is -0.141. The second kappa shape index (κ2) is 7.42. The van der Waals surface area contributed by atoms with Crippen LogP contribution >= 0.6 is 0 Å². The molecule has 0 unspecified atom stereocenters. The number of rotatable bonds is 4. The van der Waals surface area contributed by atoms with Gasteiger partial charge in [0.05, 0.1) is 22.5 Å². The lowest BCUT2D eigenvalue weighted by Crippen LogP contribution is -2.08. The van der Waals surface area contributed by atoms with Gasteiger partial charge in [-0.2, -0.15) is 18.3 Å². The largest absolute Gasteiger partial charge is 0.464 e. The molecule has 0 bridgehead atoms. The van der Waals surface area contributed by atoms with Crippen molar-refractivity contribution in [3.05, 3.63) is 78.2 Å². The van der Waals surface area contributed by atoms with Crippen molar-refractivity contribution in [2.75, 3.05) is 6.26 Å². The Morgan fingerprint density at radius 1 is 0.968 bits per heavy atom. The normalized spacial score (nSPS) is 12.3. The minimum Gasteiger partial charge on any atom is -0.464 e. The van der Waals surface area contributed by atoms with Gasteiger partial charge in [0, 0.05) is 17.4 Å². The van der Waals surface area contributed by atoms with Gasteiger partial charge in [0.25, 0.3) is 0 Å². The minimum atomic E-state index is -4.63. The number of hydrogen-bond donors (Lipinski definition) is 0. The average molecular weight is 446 g/mol. The fourth-order valence-corrected chi connectivity index (χ4v) is 4.31. The number of halogens is 3. The fraction of sp³-hybridized carbons (Fsp3) is 0.136. The molecule has 0 amide bonds. The van der Waals surface area contributed by atoms with E-state index in [2.05, 4.69) is 5.10 Å². The highest BCUT2D eigenvalue weighted by atomic mass is 32.2. The Hall–Kier alpha value is -3.33. The highest BCUT2D eigenvalue weighted by Crippen LogP contribution is 2.34. The van der Waals surface area contributed by atoms with E-state index in [4.69, 9.17) is 4.42 Å². The Kier molecular flexibility index (Phi) is 5.01. The Bertz CT molecular complexity index is 1340. The molecule has 5 nitrogen and oxygen atoms in total. The number of benzene rings is 2. The molecule has 2 heterocycles. The van der Waals surface area contributed by atoms with Crippen LogP contribution in [0.1, 0.15) is 11.3 Å². The summed E-state index contributed by atoms with van der Waals surface area (Å²) in [5.74, 6) is 0.642. The molecular weight excluding hydrogens is 429 g/mol. The highest BCUT2D eigenvalue weighted by molar-refractivity contribution is 7.90. The van der Waals surface area contributed by atoms with Crippen molar-refractivity contribution >= 4 is 9.84 Å². The van der Waals surface area contributed by atoms with Gasteiger partial charge in [-0.3, -0.25) is 0 Å². The molecule has 0 aliphatic heterocycles. The molecule has 9 heteroatoms. The monoisotopic (exact) mass is 446 g/mol. The standard InChI is InChI=1S/C22H17F3N2O3S/c1-14-12-17(9-10-20(14)31(2,28)29)27-18(13-21(26-27)22(23,24)25)15-5-7-16(8-6-15)19-4-3-11-30-19/h3-13H,1-2H3. The van der Waals surface area contributed by atoms with Crippen molar-refractivity contribution in [2.24, 2.45) is 0 Å². The third-order valence-electron chi connectivity index (χ3n) is 4.79. The Labute approximate surface area is 176 Å². The number of nitrogens with zero attached hydrogens (tertiary/aromatic N) is 2. The van der Waals surface area contributed by atoms with Crippen LogP contribution in [0.4, 0.5) is 13.2 Å². The number of furan rings is 1. The molecule has 0 saturated carbocycles. The summed E-state index contributed by atoms with van der Waals surface area (Å²) in [7, 11) is -3.46. The van der Waals surface area contributed by atoms with Crippen LogP contribution in [0, 0.1) is 6.92 Å². The molecule has 0 saturated heterocycles. The zero-order chi connectivity index (χ0) is 22.4. The van der Waals surface area contributed by atoms with E-state index < -0.39 is 21.7 Å². The van der Waals surface area contributed by atoms with Crippen LogP contribution in [0.25, 0.3) is 28.3 Å². The maximum absolute atomic E-state index is 13.4. The lowest BCUT2D eigenvalue weighted by Gasteiger charge is -2.11. The third-order valence-corrected chi connectivity index (χ3v) is 6.05. The summed E-state index contributed by atoms with van der Waals surface area (Å²) in [6.07, 6.45) is -2.01. The van der Waals surface area contributed by atoms with E-state index >= 15 is 0 Å². The summed E-state index contributed by atoms with van der Waals surface area (Å²) in [6.45, 7) is 1.59. The smallest absolute Gasteiger partial charge is 0.435 e. The molecule has 2 aromatic carbocycles. The van der Waals surface area contributed by atoms with Gasteiger partial charge in [0.15, 0.2) is 15.5 Å². The average Bonchev–Trinajstić information content (AvgIpc) is 3.37. The van der Waals surface area contributed by atoms with E-state index in [9.17, 15) is 21.6 Å². The van der Waals surface area contributed by atoms with Gasteiger partial charge in [-0.15, -0.1) is 0 Å². The quantitative estimate of drug-likeness (QED) is 0.414. The molecule has 4 rings (SSSR count). The van der Waals surface area contributed by atoms with Gasteiger partial charge in [0.1, 0.15) is 5.76 Å². The molecule has 2 aromatic heterocycles. The third kappa shape index (κ3) is 4.13. The van der Waals surface area contributed by atoms with Crippen molar-refractivity contribution in [1.29, 1.82) is 0 Å². The first-order valence-corrected chi connectivity index (χ1v) is 11.1. The van der Waals surface area contributed by atoms with E-state index in [-0.39, 0.29) is 10.6 Å². The SMILES string of the molecule is Cc1cc(-n2nc(C(F)(F)F)cc2-c2ccc(-c3ccco3)cc2)ccc1S(C)(=O)=O. The van der Waals surface area contributed by atoms with Gasteiger partial charge >= 0.3 is 6.18 Å². The summed E-state index contributed by atoms with van der Waals surface area (Å²) in [5, 5.41) is 3.76. The topological polar surface area (TPSA) is 65.1 Å². The molecule has 0 aliphatic carbocycles. The van der Waals surface area contributed by atoms with E-state index in [1.807, 2.05) is 0 Å². The maximum Gasteiger partial charge on any atom is 0.435 e. The fourth-order valence-electron chi connectivity index (χ4n) is 3.35. The van der Waals surface area contributed by atoms with Gasteiger partial charge < -0.3 is 4.42 Å². The Morgan fingerprint density at radius 3 is 2.19 bits per heavy atom. The zero-order valence-corrected chi connectivity index (χ0v) is 17.3. The second-order valence-corrected chi connectivity index (χ2v) is 9.09. The van der Waals surface area contributed by atoms with Crippen LogP contribution in [0.15, 0.2) is 76.2 Å². The number of aromatic nitrogens is 2. The molecule has 0 spiro atoms. The molecule has 0 N–H and O–H groups in total. The first-order valence-electron chi connectivity index (χ1n) is 9.17. The summed E-state index contributed by atoms with van der Waals surface area (Å²) in [6, 6.07) is 15.7. The minimum absolute atomic E-state index is 0.115. The van der Waals surface area contributed by atoms with E-state index in [0.717, 1.165) is 17.9 Å². The van der Waals surface area contributed by atoms with Gasteiger partial charge in [-0.25, -0.2) is 13.1 Å². The van der Waals surface area contributed by atoms with Crippen LogP contribution in [-0.2, 0) is 16.0 Å². The van der Waals surface area contributed by atoms with Gasteiger partial charge in [0.2, 0.25) is 0 Å².